The molecule has 0 atom stereocenters. The molecule has 0 radical (unpaired) electrons. The lowest BCUT2D eigenvalue weighted by atomic mass is 10.1. The second kappa shape index (κ2) is 6.44. The molecule has 3 heterocycles. The van der Waals surface area contributed by atoms with Crippen LogP contribution in [0.5, 0.6) is 0 Å². The maximum Gasteiger partial charge on any atom is 0.157 e. The van der Waals surface area contributed by atoms with Gasteiger partial charge in [-0.15, -0.1) is 11.3 Å². The lowest BCUT2D eigenvalue weighted by molar-refractivity contribution is 0.801. The average Bonchev–Trinajstić information content (AvgIpc) is 3.12. The second-order valence-corrected chi connectivity index (χ2v) is 6.65. The molecule has 0 aliphatic heterocycles. The third-order valence-corrected chi connectivity index (χ3v) is 4.70. The Labute approximate surface area is 134 Å². The molecule has 3 aromatic heterocycles. The van der Waals surface area contributed by atoms with Gasteiger partial charge < -0.3 is 5.32 Å². The summed E-state index contributed by atoms with van der Waals surface area (Å²) in [7, 11) is 0. The first kappa shape index (κ1) is 15.0. The molecule has 0 fully saturated rings. The normalized spacial score (nSPS) is 11.5. The summed E-state index contributed by atoms with van der Waals surface area (Å²) in [6, 6.07) is 4.04. The number of fused-ring (bicyclic) bond motifs is 1. The van der Waals surface area contributed by atoms with Gasteiger partial charge in [0.05, 0.1) is 17.4 Å². The Kier molecular flexibility index (Phi) is 4.38. The second-order valence-electron chi connectivity index (χ2n) is 5.71. The van der Waals surface area contributed by atoms with Gasteiger partial charge in [0, 0.05) is 29.2 Å². The zero-order valence-corrected chi connectivity index (χ0v) is 14.0. The number of rotatable bonds is 6. The van der Waals surface area contributed by atoms with E-state index in [9.17, 15) is 0 Å². The van der Waals surface area contributed by atoms with E-state index < -0.39 is 0 Å². The van der Waals surface area contributed by atoms with Crippen LogP contribution in [-0.2, 0) is 6.42 Å². The molecule has 0 aliphatic carbocycles. The number of nitrogens with zero attached hydrogens (tertiary/aromatic N) is 4. The van der Waals surface area contributed by atoms with Crippen LogP contribution in [0.4, 0.5) is 5.82 Å². The number of hydrogen-bond donors (Lipinski definition) is 1. The van der Waals surface area contributed by atoms with E-state index in [-0.39, 0.29) is 0 Å². The van der Waals surface area contributed by atoms with Crippen LogP contribution in [0.1, 0.15) is 42.5 Å². The van der Waals surface area contributed by atoms with Crippen molar-refractivity contribution in [2.45, 2.75) is 39.5 Å². The molecular formula is C16H21N5S. The van der Waals surface area contributed by atoms with Gasteiger partial charge in [0.1, 0.15) is 5.82 Å². The maximum absolute atomic E-state index is 4.63. The monoisotopic (exact) mass is 315 g/mol. The smallest absolute Gasteiger partial charge is 0.157 e. The molecule has 0 amide bonds. The highest BCUT2D eigenvalue weighted by Crippen LogP contribution is 2.19. The first-order valence-electron chi connectivity index (χ1n) is 7.62. The van der Waals surface area contributed by atoms with Crippen molar-refractivity contribution in [2.24, 2.45) is 0 Å². The fourth-order valence-corrected chi connectivity index (χ4v) is 3.21. The first-order valence-corrected chi connectivity index (χ1v) is 8.50. The van der Waals surface area contributed by atoms with Gasteiger partial charge in [-0.2, -0.15) is 9.61 Å². The topological polar surface area (TPSA) is 55.1 Å². The number of thiazole rings is 1. The van der Waals surface area contributed by atoms with Crippen LogP contribution >= 0.6 is 11.3 Å². The molecule has 0 aromatic carbocycles. The quantitative estimate of drug-likeness (QED) is 0.705. The van der Waals surface area contributed by atoms with Crippen LogP contribution in [0.15, 0.2) is 23.8 Å². The maximum atomic E-state index is 4.63. The van der Waals surface area contributed by atoms with Crippen LogP contribution in [0.3, 0.4) is 0 Å². The molecule has 3 aromatic rings. The molecule has 22 heavy (non-hydrogen) atoms. The largest absolute Gasteiger partial charge is 0.370 e. The molecule has 6 heteroatoms. The summed E-state index contributed by atoms with van der Waals surface area (Å²) in [5.74, 6) is 1.42. The van der Waals surface area contributed by atoms with E-state index in [4.69, 9.17) is 0 Å². The molecule has 0 saturated heterocycles. The van der Waals surface area contributed by atoms with Crippen molar-refractivity contribution in [1.29, 1.82) is 0 Å². The SMILES string of the molecule is Cc1ncsc1CCCNc1cc(C(C)C)nc2ccnn12. The van der Waals surface area contributed by atoms with Crippen molar-refractivity contribution in [3.05, 3.63) is 40.1 Å². The highest BCUT2D eigenvalue weighted by molar-refractivity contribution is 7.09. The number of anilines is 1. The first-order chi connectivity index (χ1) is 10.6. The summed E-state index contributed by atoms with van der Waals surface area (Å²) in [4.78, 5) is 10.3. The molecule has 1 N–H and O–H groups in total. The summed E-state index contributed by atoms with van der Waals surface area (Å²) in [6.07, 6.45) is 3.93. The summed E-state index contributed by atoms with van der Waals surface area (Å²) in [5.41, 5.74) is 5.06. The van der Waals surface area contributed by atoms with Gasteiger partial charge in [-0.3, -0.25) is 0 Å². The minimum Gasteiger partial charge on any atom is -0.370 e. The zero-order valence-electron chi connectivity index (χ0n) is 13.2. The van der Waals surface area contributed by atoms with Gasteiger partial charge in [-0.25, -0.2) is 9.97 Å². The standard InChI is InChI=1S/C16H21N5S/c1-11(2)13-9-16(21-15(20-13)6-8-19-21)17-7-4-5-14-12(3)18-10-22-14/h6,8-11,17H,4-5,7H2,1-3H3. The third kappa shape index (κ3) is 3.11. The molecule has 0 unspecified atom stereocenters. The van der Waals surface area contributed by atoms with E-state index in [1.54, 1.807) is 17.5 Å². The molecule has 0 saturated carbocycles. The van der Waals surface area contributed by atoms with Crippen molar-refractivity contribution in [1.82, 2.24) is 19.6 Å². The van der Waals surface area contributed by atoms with Crippen molar-refractivity contribution < 1.29 is 0 Å². The molecule has 5 nitrogen and oxygen atoms in total. The van der Waals surface area contributed by atoms with Gasteiger partial charge in [0.2, 0.25) is 0 Å². The van der Waals surface area contributed by atoms with Gasteiger partial charge in [0.15, 0.2) is 5.65 Å². The van der Waals surface area contributed by atoms with E-state index in [2.05, 4.69) is 47.2 Å². The highest BCUT2D eigenvalue weighted by atomic mass is 32.1. The van der Waals surface area contributed by atoms with E-state index >= 15 is 0 Å². The van der Waals surface area contributed by atoms with Gasteiger partial charge in [-0.1, -0.05) is 13.8 Å². The van der Waals surface area contributed by atoms with Gasteiger partial charge >= 0.3 is 0 Å². The zero-order chi connectivity index (χ0) is 15.5. The Morgan fingerprint density at radius 2 is 2.23 bits per heavy atom. The van der Waals surface area contributed by atoms with Gasteiger partial charge in [-0.05, 0) is 25.7 Å². The minimum absolute atomic E-state index is 0.403. The Bertz CT molecular complexity index is 759. The van der Waals surface area contributed by atoms with Crippen LogP contribution in [0.25, 0.3) is 5.65 Å². The van der Waals surface area contributed by atoms with Crippen molar-refractivity contribution in [3.63, 3.8) is 0 Å². The van der Waals surface area contributed by atoms with Crippen molar-refractivity contribution in [2.75, 3.05) is 11.9 Å². The lowest BCUT2D eigenvalue weighted by Crippen LogP contribution is -2.10. The molecule has 0 aliphatic rings. The number of hydrogen-bond acceptors (Lipinski definition) is 5. The lowest BCUT2D eigenvalue weighted by Gasteiger charge is -2.12. The number of nitrogens with one attached hydrogen (secondary N) is 1. The summed E-state index contributed by atoms with van der Waals surface area (Å²) in [6.45, 7) is 7.30. The molecular weight excluding hydrogens is 294 g/mol. The van der Waals surface area contributed by atoms with Gasteiger partial charge in [0.25, 0.3) is 0 Å². The van der Waals surface area contributed by atoms with E-state index in [1.165, 1.54) is 4.88 Å². The van der Waals surface area contributed by atoms with Crippen LogP contribution in [0, 0.1) is 6.92 Å². The highest BCUT2D eigenvalue weighted by Gasteiger charge is 2.09. The van der Waals surface area contributed by atoms with E-state index in [0.29, 0.717) is 5.92 Å². The summed E-state index contributed by atoms with van der Waals surface area (Å²) >= 11 is 1.74. The summed E-state index contributed by atoms with van der Waals surface area (Å²) in [5, 5.41) is 7.84. The Morgan fingerprint density at radius 3 is 2.95 bits per heavy atom. The Hall–Kier alpha value is -1.95. The molecule has 116 valence electrons. The predicted octanol–water partition coefficient (Wildman–Crippen LogP) is 3.66. The van der Waals surface area contributed by atoms with Crippen molar-refractivity contribution >= 4 is 22.8 Å². The van der Waals surface area contributed by atoms with E-state index in [1.807, 2.05) is 16.1 Å². The predicted molar refractivity (Wildman–Crippen MR) is 90.7 cm³/mol. The molecule has 0 bridgehead atoms. The number of aryl methyl sites for hydroxylation is 2. The third-order valence-electron chi connectivity index (χ3n) is 3.70. The average molecular weight is 315 g/mol. The Balaban J connectivity index is 1.68. The Morgan fingerprint density at radius 1 is 1.36 bits per heavy atom. The van der Waals surface area contributed by atoms with Crippen LogP contribution in [0.2, 0.25) is 0 Å². The molecule has 0 spiro atoms. The van der Waals surface area contributed by atoms with Crippen LogP contribution < -0.4 is 5.32 Å². The summed E-state index contributed by atoms with van der Waals surface area (Å²) < 4.78 is 1.86. The molecule has 3 rings (SSSR count). The fraction of sp³-hybridized carbons (Fsp3) is 0.438. The number of aromatic nitrogens is 4. The fourth-order valence-electron chi connectivity index (χ4n) is 2.39. The van der Waals surface area contributed by atoms with Crippen LogP contribution in [-0.4, -0.2) is 26.1 Å². The minimum atomic E-state index is 0.403. The van der Waals surface area contributed by atoms with E-state index in [0.717, 1.165) is 42.2 Å². The van der Waals surface area contributed by atoms with Crippen molar-refractivity contribution in [3.8, 4) is 0 Å².